The van der Waals surface area contributed by atoms with Gasteiger partial charge in [0.1, 0.15) is 0 Å². The molecule has 2 rings (SSSR count). The van der Waals surface area contributed by atoms with Gasteiger partial charge in [-0.05, 0) is 16.6 Å². The van der Waals surface area contributed by atoms with Gasteiger partial charge in [0.05, 0.1) is 19.7 Å². The van der Waals surface area contributed by atoms with Crippen LogP contribution < -0.4 is 5.32 Å². The summed E-state index contributed by atoms with van der Waals surface area (Å²) in [7, 11) is 1.45. The molecule has 1 heterocycles. The van der Waals surface area contributed by atoms with Crippen LogP contribution in [0, 0.1) is 10.1 Å². The normalized spacial score (nSPS) is 11.9. The molecule has 21 heavy (non-hydrogen) atoms. The third kappa shape index (κ3) is 3.09. The number of carbonyl (C=O) groups excluding carboxylic acids is 1. The molecule has 1 amide bonds. The molecule has 110 valence electrons. The lowest BCUT2D eigenvalue weighted by Crippen LogP contribution is -2.32. The molecule has 0 saturated heterocycles. The molecule has 0 aliphatic rings. The molecule has 0 radical (unpaired) electrons. The summed E-state index contributed by atoms with van der Waals surface area (Å²) < 4.78 is 1.20. The number of rotatable bonds is 5. The standard InChI is InChI=1S/C14H15N3O4/c1-16-12(7-8-13(16)17(20)21)14(19)15-11(9-18)10-5-3-2-4-6-10/h2-8,11,18H,9H2,1H3,(H,15,19)/t11-/m0/s1. The summed E-state index contributed by atoms with van der Waals surface area (Å²) in [6, 6.07) is 11.1. The lowest BCUT2D eigenvalue weighted by molar-refractivity contribution is -0.391. The zero-order valence-electron chi connectivity index (χ0n) is 11.4. The molecular weight excluding hydrogens is 274 g/mol. The Balaban J connectivity index is 2.19. The quantitative estimate of drug-likeness (QED) is 0.642. The summed E-state index contributed by atoms with van der Waals surface area (Å²) in [5.41, 5.74) is 0.924. The van der Waals surface area contributed by atoms with E-state index in [1.165, 1.54) is 23.7 Å². The van der Waals surface area contributed by atoms with E-state index in [1.54, 1.807) is 24.3 Å². The van der Waals surface area contributed by atoms with Crippen molar-refractivity contribution in [1.29, 1.82) is 0 Å². The summed E-state index contributed by atoms with van der Waals surface area (Å²) in [6.45, 7) is -0.262. The lowest BCUT2D eigenvalue weighted by Gasteiger charge is -2.16. The topological polar surface area (TPSA) is 97.4 Å². The van der Waals surface area contributed by atoms with Gasteiger partial charge in [0, 0.05) is 6.07 Å². The predicted molar refractivity (Wildman–Crippen MR) is 75.8 cm³/mol. The average molecular weight is 289 g/mol. The Morgan fingerprint density at radius 3 is 2.52 bits per heavy atom. The van der Waals surface area contributed by atoms with Gasteiger partial charge in [-0.3, -0.25) is 4.79 Å². The van der Waals surface area contributed by atoms with Crippen molar-refractivity contribution in [3.05, 3.63) is 63.8 Å². The van der Waals surface area contributed by atoms with Crippen LogP contribution >= 0.6 is 0 Å². The first-order valence-electron chi connectivity index (χ1n) is 6.31. The fourth-order valence-electron chi connectivity index (χ4n) is 2.06. The molecule has 1 aromatic heterocycles. The molecule has 0 aliphatic heterocycles. The third-order valence-corrected chi connectivity index (χ3v) is 3.20. The smallest absolute Gasteiger partial charge is 0.323 e. The van der Waals surface area contributed by atoms with E-state index in [-0.39, 0.29) is 18.1 Å². The van der Waals surface area contributed by atoms with Gasteiger partial charge in [-0.1, -0.05) is 30.3 Å². The van der Waals surface area contributed by atoms with Crippen molar-refractivity contribution in [3.63, 3.8) is 0 Å². The number of nitro groups is 1. The molecule has 0 bridgehead atoms. The molecule has 0 spiro atoms. The summed E-state index contributed by atoms with van der Waals surface area (Å²) in [6.07, 6.45) is 0. The Morgan fingerprint density at radius 2 is 2.00 bits per heavy atom. The molecule has 1 aromatic carbocycles. The van der Waals surface area contributed by atoms with Crippen LogP contribution in [0.15, 0.2) is 42.5 Å². The number of aliphatic hydroxyl groups is 1. The van der Waals surface area contributed by atoms with Crippen molar-refractivity contribution >= 4 is 11.7 Å². The van der Waals surface area contributed by atoms with E-state index in [9.17, 15) is 20.0 Å². The highest BCUT2D eigenvalue weighted by Gasteiger charge is 2.23. The first-order chi connectivity index (χ1) is 10.0. The van der Waals surface area contributed by atoms with Crippen molar-refractivity contribution in [3.8, 4) is 0 Å². The fourth-order valence-corrected chi connectivity index (χ4v) is 2.06. The van der Waals surface area contributed by atoms with Crippen molar-refractivity contribution in [2.24, 2.45) is 7.05 Å². The number of amides is 1. The van der Waals surface area contributed by atoms with Crippen LogP contribution in [0.1, 0.15) is 22.1 Å². The summed E-state index contributed by atoms with van der Waals surface area (Å²) in [5, 5.41) is 22.8. The van der Waals surface area contributed by atoms with Gasteiger partial charge in [-0.15, -0.1) is 0 Å². The minimum atomic E-state index is -0.562. The highest BCUT2D eigenvalue weighted by Crippen LogP contribution is 2.17. The minimum absolute atomic E-state index is 0.163. The highest BCUT2D eigenvalue weighted by molar-refractivity contribution is 5.93. The van der Waals surface area contributed by atoms with Gasteiger partial charge in [-0.25, -0.2) is 4.57 Å². The summed E-state index contributed by atoms with van der Waals surface area (Å²) in [4.78, 5) is 22.4. The number of hydrogen-bond acceptors (Lipinski definition) is 4. The molecule has 0 aliphatic carbocycles. The minimum Gasteiger partial charge on any atom is -0.394 e. The van der Waals surface area contributed by atoms with Gasteiger partial charge in [-0.2, -0.15) is 0 Å². The first kappa shape index (κ1) is 14.7. The second-order valence-corrected chi connectivity index (χ2v) is 4.51. The number of nitrogens with zero attached hydrogens (tertiary/aromatic N) is 2. The maximum absolute atomic E-state index is 12.2. The summed E-state index contributed by atoms with van der Waals surface area (Å²) >= 11 is 0. The van der Waals surface area contributed by atoms with Crippen molar-refractivity contribution < 1.29 is 14.8 Å². The van der Waals surface area contributed by atoms with E-state index in [0.717, 1.165) is 5.56 Å². The van der Waals surface area contributed by atoms with Crippen LogP contribution in [0.3, 0.4) is 0 Å². The van der Waals surface area contributed by atoms with Crippen molar-refractivity contribution in [2.75, 3.05) is 6.61 Å². The van der Waals surface area contributed by atoms with E-state index >= 15 is 0 Å². The van der Waals surface area contributed by atoms with E-state index in [2.05, 4.69) is 5.32 Å². The van der Waals surface area contributed by atoms with E-state index in [4.69, 9.17) is 0 Å². The zero-order chi connectivity index (χ0) is 15.4. The second-order valence-electron chi connectivity index (χ2n) is 4.51. The molecular formula is C14H15N3O4. The molecule has 1 atom stereocenters. The average Bonchev–Trinajstić information content (AvgIpc) is 2.87. The largest absolute Gasteiger partial charge is 0.394 e. The molecule has 7 nitrogen and oxygen atoms in total. The molecule has 2 aromatic rings. The van der Waals surface area contributed by atoms with Crippen LogP contribution in [0.2, 0.25) is 0 Å². The Hall–Kier alpha value is -2.67. The molecule has 0 unspecified atom stereocenters. The summed E-state index contributed by atoms with van der Waals surface area (Å²) in [5.74, 6) is -0.645. The molecule has 2 N–H and O–H groups in total. The Bertz CT molecular complexity index is 651. The maximum atomic E-state index is 12.2. The van der Waals surface area contributed by atoms with Gasteiger partial charge in [0.25, 0.3) is 5.91 Å². The van der Waals surface area contributed by atoms with Gasteiger partial charge in [0.2, 0.25) is 0 Å². The number of benzene rings is 1. The number of aromatic nitrogens is 1. The van der Waals surface area contributed by atoms with Crippen LogP contribution in [-0.4, -0.2) is 27.1 Å². The van der Waals surface area contributed by atoms with Crippen molar-refractivity contribution in [1.82, 2.24) is 9.88 Å². The SMILES string of the molecule is Cn1c(C(=O)N[C@@H](CO)c2ccccc2)ccc1[N+](=O)[O-]. The number of nitrogens with one attached hydrogen (secondary N) is 1. The van der Waals surface area contributed by atoms with Gasteiger partial charge in [0.15, 0.2) is 5.69 Å². The number of aliphatic hydroxyl groups excluding tert-OH is 1. The first-order valence-corrected chi connectivity index (χ1v) is 6.31. The Morgan fingerprint density at radius 1 is 1.33 bits per heavy atom. The second kappa shape index (κ2) is 6.19. The highest BCUT2D eigenvalue weighted by atomic mass is 16.6. The zero-order valence-corrected chi connectivity index (χ0v) is 11.4. The lowest BCUT2D eigenvalue weighted by atomic mass is 10.1. The fraction of sp³-hybridized carbons (Fsp3) is 0.214. The Kier molecular flexibility index (Phi) is 4.34. The molecule has 7 heteroatoms. The van der Waals surface area contributed by atoms with E-state index in [0.29, 0.717) is 0 Å². The maximum Gasteiger partial charge on any atom is 0.323 e. The van der Waals surface area contributed by atoms with Crippen molar-refractivity contribution in [2.45, 2.75) is 6.04 Å². The van der Waals surface area contributed by atoms with E-state index < -0.39 is 16.9 Å². The number of hydrogen-bond donors (Lipinski definition) is 2. The van der Waals surface area contributed by atoms with Gasteiger partial charge < -0.3 is 20.5 Å². The number of carbonyl (C=O) groups is 1. The van der Waals surface area contributed by atoms with Crippen LogP contribution in [0.4, 0.5) is 5.82 Å². The monoisotopic (exact) mass is 289 g/mol. The third-order valence-electron chi connectivity index (χ3n) is 3.20. The Labute approximate surface area is 121 Å². The predicted octanol–water partition coefficient (Wildman–Crippen LogP) is 1.40. The van der Waals surface area contributed by atoms with Crippen LogP contribution in [0.5, 0.6) is 0 Å². The van der Waals surface area contributed by atoms with Crippen LogP contribution in [-0.2, 0) is 7.05 Å². The van der Waals surface area contributed by atoms with E-state index in [1.807, 2.05) is 6.07 Å². The molecule has 0 fully saturated rings. The van der Waals surface area contributed by atoms with Gasteiger partial charge >= 0.3 is 5.82 Å². The molecule has 0 saturated carbocycles. The van der Waals surface area contributed by atoms with Crippen LogP contribution in [0.25, 0.3) is 0 Å².